The molecule has 1 rings (SSSR count). The van der Waals surface area contributed by atoms with E-state index < -0.39 is 11.8 Å². The first kappa shape index (κ1) is 9.69. The van der Waals surface area contributed by atoms with E-state index in [1.165, 1.54) is 0 Å². The maximum atomic E-state index is 13.2. The monoisotopic (exact) mass is 174 g/mol. The Balaban J connectivity index is 2.78. The summed E-state index contributed by atoms with van der Waals surface area (Å²) >= 11 is 0. The first-order chi connectivity index (χ1) is 5.52. The van der Waals surface area contributed by atoms with E-state index >= 15 is 0 Å². The lowest BCUT2D eigenvalue weighted by Crippen LogP contribution is -2.24. The van der Waals surface area contributed by atoms with Gasteiger partial charge in [0.05, 0.1) is 0 Å². The van der Waals surface area contributed by atoms with E-state index in [-0.39, 0.29) is 0 Å². The van der Waals surface area contributed by atoms with E-state index in [2.05, 4.69) is 0 Å². The highest BCUT2D eigenvalue weighted by Crippen LogP contribution is 2.33. The minimum absolute atomic E-state index is 0.493. The zero-order valence-electron chi connectivity index (χ0n) is 7.74. The van der Waals surface area contributed by atoms with Crippen molar-refractivity contribution in [1.82, 2.24) is 0 Å². The Bertz CT molecular complexity index is 182. The molecule has 0 amide bonds. The average molecular weight is 174 g/mol. The summed E-state index contributed by atoms with van der Waals surface area (Å²) in [5.41, 5.74) is 0.839. The first-order valence-corrected chi connectivity index (χ1v) is 4.58. The van der Waals surface area contributed by atoms with Crippen molar-refractivity contribution in [3.05, 3.63) is 11.6 Å². The molecule has 1 aliphatic rings. The lowest BCUT2D eigenvalue weighted by Gasteiger charge is -2.23. The van der Waals surface area contributed by atoms with Crippen molar-refractivity contribution in [2.45, 2.75) is 45.5 Å². The van der Waals surface area contributed by atoms with Crippen LogP contribution in [-0.2, 0) is 0 Å². The first-order valence-electron chi connectivity index (χ1n) is 4.58. The molecular weight excluding hydrogens is 158 g/mol. The fraction of sp³-hybridized carbons (Fsp3) is 0.800. The van der Waals surface area contributed by atoms with Gasteiger partial charge < -0.3 is 0 Å². The molecule has 0 spiro atoms. The molecule has 0 saturated heterocycles. The summed E-state index contributed by atoms with van der Waals surface area (Å²) in [6.07, 6.45) is 4.63. The fourth-order valence-electron chi connectivity index (χ4n) is 1.59. The standard InChI is InChI=1S/C10H16F2/c1-8-5-3-4-6-9(2)10(11,12)7-8/h7,9H,3-6H2,1-2H3. The Labute approximate surface area is 72.7 Å². The molecule has 0 N–H and O–H groups in total. The normalized spacial score (nSPS) is 30.3. The molecule has 0 aromatic rings. The maximum absolute atomic E-state index is 13.2. The van der Waals surface area contributed by atoms with Gasteiger partial charge in [-0.2, -0.15) is 0 Å². The highest BCUT2D eigenvalue weighted by atomic mass is 19.3. The molecule has 0 heterocycles. The smallest absolute Gasteiger partial charge is 0.202 e. The third-order valence-corrected chi connectivity index (χ3v) is 2.55. The molecule has 0 fully saturated rings. The van der Waals surface area contributed by atoms with Crippen molar-refractivity contribution in [2.24, 2.45) is 5.92 Å². The Morgan fingerprint density at radius 3 is 2.75 bits per heavy atom. The van der Waals surface area contributed by atoms with Crippen LogP contribution in [0.3, 0.4) is 0 Å². The van der Waals surface area contributed by atoms with E-state index in [0.29, 0.717) is 6.42 Å². The van der Waals surface area contributed by atoms with Crippen molar-refractivity contribution < 1.29 is 8.78 Å². The molecule has 70 valence electrons. The average Bonchev–Trinajstić information content (AvgIpc) is 1.95. The van der Waals surface area contributed by atoms with Crippen LogP contribution in [-0.4, -0.2) is 5.92 Å². The molecule has 2 heteroatoms. The van der Waals surface area contributed by atoms with Crippen LogP contribution >= 0.6 is 0 Å². The topological polar surface area (TPSA) is 0 Å². The predicted molar refractivity (Wildman–Crippen MR) is 46.3 cm³/mol. The molecule has 1 atom stereocenters. The minimum Gasteiger partial charge on any atom is -0.202 e. The molecule has 1 aliphatic carbocycles. The lowest BCUT2D eigenvalue weighted by atomic mass is 9.91. The van der Waals surface area contributed by atoms with Gasteiger partial charge in [0.25, 0.3) is 5.92 Å². The number of hydrogen-bond acceptors (Lipinski definition) is 0. The number of alkyl halides is 2. The van der Waals surface area contributed by atoms with E-state index in [0.717, 1.165) is 30.9 Å². The van der Waals surface area contributed by atoms with Crippen molar-refractivity contribution in [2.75, 3.05) is 0 Å². The summed E-state index contributed by atoms with van der Waals surface area (Å²) in [6, 6.07) is 0. The molecule has 0 nitrogen and oxygen atoms in total. The van der Waals surface area contributed by atoms with Crippen LogP contribution < -0.4 is 0 Å². The van der Waals surface area contributed by atoms with Gasteiger partial charge in [-0.05, 0) is 32.3 Å². The minimum atomic E-state index is -2.58. The quantitative estimate of drug-likeness (QED) is 0.490. The van der Waals surface area contributed by atoms with Crippen molar-refractivity contribution in [3.8, 4) is 0 Å². The van der Waals surface area contributed by atoms with Gasteiger partial charge in [-0.1, -0.05) is 18.9 Å². The van der Waals surface area contributed by atoms with Crippen molar-refractivity contribution >= 4 is 0 Å². The molecule has 12 heavy (non-hydrogen) atoms. The van der Waals surface area contributed by atoms with Gasteiger partial charge in [-0.25, -0.2) is 8.78 Å². The van der Waals surface area contributed by atoms with Gasteiger partial charge >= 0.3 is 0 Å². The molecule has 0 aromatic heterocycles. The Morgan fingerprint density at radius 2 is 2.08 bits per heavy atom. The Morgan fingerprint density at radius 1 is 1.42 bits per heavy atom. The number of halogens is 2. The van der Waals surface area contributed by atoms with Gasteiger partial charge in [-0.3, -0.25) is 0 Å². The highest BCUT2D eigenvalue weighted by Gasteiger charge is 2.34. The molecule has 1 unspecified atom stereocenters. The van der Waals surface area contributed by atoms with Crippen LogP contribution in [0.2, 0.25) is 0 Å². The third kappa shape index (κ3) is 2.29. The maximum Gasteiger partial charge on any atom is 0.269 e. The van der Waals surface area contributed by atoms with Gasteiger partial charge in [0.15, 0.2) is 0 Å². The predicted octanol–water partition coefficient (Wildman–Crippen LogP) is 3.78. The largest absolute Gasteiger partial charge is 0.269 e. The molecule has 0 bridgehead atoms. The molecule has 0 radical (unpaired) electrons. The Hall–Kier alpha value is -0.400. The second kappa shape index (κ2) is 3.55. The van der Waals surface area contributed by atoms with Gasteiger partial charge in [0.2, 0.25) is 0 Å². The van der Waals surface area contributed by atoms with E-state index in [1.54, 1.807) is 13.8 Å². The summed E-state index contributed by atoms with van der Waals surface area (Å²) in [4.78, 5) is 0. The second-order valence-electron chi connectivity index (χ2n) is 3.81. The second-order valence-corrected chi connectivity index (χ2v) is 3.81. The lowest BCUT2D eigenvalue weighted by molar-refractivity contribution is -0.00797. The summed E-state index contributed by atoms with van der Waals surface area (Å²) in [6.45, 7) is 3.43. The summed E-state index contributed by atoms with van der Waals surface area (Å²) in [5.74, 6) is -3.07. The summed E-state index contributed by atoms with van der Waals surface area (Å²) < 4.78 is 26.4. The van der Waals surface area contributed by atoms with Crippen LogP contribution in [0.5, 0.6) is 0 Å². The van der Waals surface area contributed by atoms with Gasteiger partial charge in [0.1, 0.15) is 0 Å². The van der Waals surface area contributed by atoms with E-state index in [4.69, 9.17) is 0 Å². The highest BCUT2D eigenvalue weighted by molar-refractivity contribution is 5.07. The zero-order valence-corrected chi connectivity index (χ0v) is 7.74. The van der Waals surface area contributed by atoms with Crippen LogP contribution in [0.25, 0.3) is 0 Å². The number of hydrogen-bond donors (Lipinski definition) is 0. The summed E-state index contributed by atoms with van der Waals surface area (Å²) in [7, 11) is 0. The van der Waals surface area contributed by atoms with E-state index in [1.807, 2.05) is 0 Å². The van der Waals surface area contributed by atoms with Gasteiger partial charge in [-0.15, -0.1) is 0 Å². The van der Waals surface area contributed by atoms with Crippen LogP contribution in [0.4, 0.5) is 8.78 Å². The number of rotatable bonds is 0. The third-order valence-electron chi connectivity index (χ3n) is 2.55. The van der Waals surface area contributed by atoms with E-state index in [9.17, 15) is 8.78 Å². The fourth-order valence-corrected chi connectivity index (χ4v) is 1.59. The molecular formula is C10H16F2. The molecule has 0 aromatic carbocycles. The van der Waals surface area contributed by atoms with Crippen molar-refractivity contribution in [1.29, 1.82) is 0 Å². The SMILES string of the molecule is CC1=CC(F)(F)C(C)CCCC1. The number of allylic oxidation sites excluding steroid dienone is 2. The van der Waals surface area contributed by atoms with Crippen molar-refractivity contribution in [3.63, 3.8) is 0 Å². The Kier molecular flexibility index (Phi) is 2.86. The zero-order chi connectivity index (χ0) is 9.19. The molecule has 0 saturated carbocycles. The van der Waals surface area contributed by atoms with Gasteiger partial charge in [0, 0.05) is 5.92 Å². The summed E-state index contributed by atoms with van der Waals surface area (Å²) in [5, 5.41) is 0. The van der Waals surface area contributed by atoms with Crippen LogP contribution in [0, 0.1) is 5.92 Å². The van der Waals surface area contributed by atoms with Crippen LogP contribution in [0.1, 0.15) is 39.5 Å². The van der Waals surface area contributed by atoms with Crippen LogP contribution in [0.15, 0.2) is 11.6 Å². The molecule has 0 aliphatic heterocycles.